The Labute approximate surface area is 150 Å². The van der Waals surface area contributed by atoms with Crippen LogP contribution in [0.1, 0.15) is 18.4 Å². The average molecular weight is 355 g/mol. The first kappa shape index (κ1) is 15.8. The number of hydrogen-bond acceptors (Lipinski definition) is 4. The molecule has 1 aromatic rings. The van der Waals surface area contributed by atoms with Crippen molar-refractivity contribution in [2.75, 3.05) is 6.61 Å². The van der Waals surface area contributed by atoms with Crippen molar-refractivity contribution >= 4 is 17.8 Å². The minimum atomic E-state index is -0.896. The number of urea groups is 1. The number of rotatable bonds is 5. The van der Waals surface area contributed by atoms with Crippen molar-refractivity contribution in [1.29, 1.82) is 0 Å². The van der Waals surface area contributed by atoms with Gasteiger partial charge in [0.1, 0.15) is 5.54 Å². The van der Waals surface area contributed by atoms with Gasteiger partial charge in [0, 0.05) is 5.92 Å². The smallest absolute Gasteiger partial charge is 0.322 e. The van der Waals surface area contributed by atoms with Crippen molar-refractivity contribution in [3.05, 3.63) is 35.9 Å². The minimum Gasteiger partial charge on any atom is -0.394 e. The Morgan fingerprint density at radius 1 is 1.31 bits per heavy atom. The van der Waals surface area contributed by atoms with E-state index in [2.05, 4.69) is 16.0 Å². The molecule has 4 saturated carbocycles. The number of amides is 4. The van der Waals surface area contributed by atoms with Crippen molar-refractivity contribution in [3.8, 4) is 0 Å². The fourth-order valence-electron chi connectivity index (χ4n) is 6.04. The first-order valence-electron chi connectivity index (χ1n) is 9.11. The Bertz CT molecular complexity index is 812. The highest BCUT2D eigenvalue weighted by molar-refractivity contribution is 6.10. The molecule has 1 spiro atoms. The lowest BCUT2D eigenvalue weighted by Crippen LogP contribution is -2.51. The number of imide groups is 1. The van der Waals surface area contributed by atoms with Crippen LogP contribution in [0.5, 0.6) is 0 Å². The van der Waals surface area contributed by atoms with Gasteiger partial charge in [-0.3, -0.25) is 14.9 Å². The molecule has 7 nitrogen and oxygen atoms in total. The van der Waals surface area contributed by atoms with Crippen LogP contribution in [0.15, 0.2) is 30.3 Å². The maximum atomic E-state index is 13.1. The lowest BCUT2D eigenvalue weighted by atomic mass is 9.88. The highest BCUT2D eigenvalue weighted by atomic mass is 16.3. The SMILES string of the molecule is O=C1NC(=O)[C@@]2(N1)[C@@H]1C[C@@H]3[C@H]2[C@]3(C(=O)N[C@@H](CO)Cc2ccccc2)C1. The van der Waals surface area contributed by atoms with Gasteiger partial charge < -0.3 is 15.7 Å². The molecule has 0 radical (unpaired) electrons. The summed E-state index contributed by atoms with van der Waals surface area (Å²) in [6, 6.07) is 8.90. The normalized spacial score (nSPS) is 39.7. The molecule has 5 aliphatic rings. The molecular formula is C19H21N3O4. The molecular weight excluding hydrogens is 334 g/mol. The van der Waals surface area contributed by atoms with E-state index in [4.69, 9.17) is 0 Å². The molecule has 1 aliphatic heterocycles. The fourth-order valence-corrected chi connectivity index (χ4v) is 6.04. The summed E-state index contributed by atoms with van der Waals surface area (Å²) in [5.74, 6) is -0.322. The van der Waals surface area contributed by atoms with Crippen LogP contribution in [0.25, 0.3) is 0 Å². The van der Waals surface area contributed by atoms with Crippen LogP contribution in [-0.4, -0.2) is 41.1 Å². The summed E-state index contributed by atoms with van der Waals surface area (Å²) < 4.78 is 0. The molecule has 0 aromatic heterocycles. The molecule has 7 heteroatoms. The van der Waals surface area contributed by atoms with E-state index >= 15 is 0 Å². The van der Waals surface area contributed by atoms with E-state index in [-0.39, 0.29) is 42.2 Å². The van der Waals surface area contributed by atoms with Crippen LogP contribution in [0, 0.1) is 23.2 Å². The molecule has 4 amide bonds. The van der Waals surface area contributed by atoms with Gasteiger partial charge in [0.25, 0.3) is 5.91 Å². The van der Waals surface area contributed by atoms with Gasteiger partial charge >= 0.3 is 6.03 Å². The molecule has 6 atom stereocenters. The van der Waals surface area contributed by atoms with Crippen LogP contribution in [0.4, 0.5) is 4.79 Å². The molecule has 4 N–H and O–H groups in total. The number of aliphatic hydroxyl groups excluding tert-OH is 1. The summed E-state index contributed by atoms with van der Waals surface area (Å²) in [4.78, 5) is 37.1. The van der Waals surface area contributed by atoms with E-state index in [1.807, 2.05) is 30.3 Å². The molecule has 0 unspecified atom stereocenters. The summed E-state index contributed by atoms with van der Waals surface area (Å²) in [6.07, 6.45) is 1.99. The number of carbonyl (C=O) groups is 3. The van der Waals surface area contributed by atoms with Crippen molar-refractivity contribution in [2.45, 2.75) is 30.8 Å². The number of aliphatic hydroxyl groups is 1. The highest BCUT2D eigenvalue weighted by Crippen LogP contribution is 2.82. The second-order valence-corrected chi connectivity index (χ2v) is 8.08. The van der Waals surface area contributed by atoms with E-state index < -0.39 is 17.0 Å². The standard InChI is InChI=1S/C19H21N3O4/c23-9-12(6-10-4-2-1-3-5-10)20-15(24)18-8-11-7-13(18)14(18)19(11)16(25)21-17(26)22-19/h1-5,11-14,23H,6-9H2,(H,20,24)(H2,21,22,25,26)/t11-,12-,13-,14+,18+,19-/m1/s1. The van der Waals surface area contributed by atoms with Crippen LogP contribution < -0.4 is 16.0 Å². The van der Waals surface area contributed by atoms with Crippen LogP contribution >= 0.6 is 0 Å². The zero-order valence-corrected chi connectivity index (χ0v) is 14.2. The molecule has 26 heavy (non-hydrogen) atoms. The maximum absolute atomic E-state index is 13.1. The first-order chi connectivity index (χ1) is 12.5. The molecule has 6 rings (SSSR count). The Balaban J connectivity index is 1.33. The quantitative estimate of drug-likeness (QED) is 0.555. The van der Waals surface area contributed by atoms with Crippen molar-refractivity contribution < 1.29 is 19.5 Å². The maximum Gasteiger partial charge on any atom is 0.322 e. The first-order valence-corrected chi connectivity index (χ1v) is 9.11. The number of carbonyl (C=O) groups excluding carboxylic acids is 3. The van der Waals surface area contributed by atoms with Gasteiger partial charge in [-0.15, -0.1) is 0 Å². The molecule has 1 saturated heterocycles. The van der Waals surface area contributed by atoms with E-state index in [1.165, 1.54) is 0 Å². The van der Waals surface area contributed by atoms with Gasteiger partial charge in [0.15, 0.2) is 0 Å². The van der Waals surface area contributed by atoms with Crippen molar-refractivity contribution in [2.24, 2.45) is 23.2 Å². The number of hydrogen-bond donors (Lipinski definition) is 4. The second kappa shape index (κ2) is 5.07. The Hall–Kier alpha value is -2.41. The van der Waals surface area contributed by atoms with Gasteiger partial charge in [0.05, 0.1) is 18.1 Å². The average Bonchev–Trinajstić information content (AvgIpc) is 2.98. The summed E-state index contributed by atoms with van der Waals surface area (Å²) in [6.45, 7) is -0.141. The number of benzene rings is 1. The van der Waals surface area contributed by atoms with Gasteiger partial charge in [-0.05, 0) is 36.7 Å². The van der Waals surface area contributed by atoms with Gasteiger partial charge in [-0.2, -0.15) is 0 Å². The van der Waals surface area contributed by atoms with E-state index in [9.17, 15) is 19.5 Å². The molecule has 1 heterocycles. The van der Waals surface area contributed by atoms with Crippen molar-refractivity contribution in [1.82, 2.24) is 16.0 Å². The summed E-state index contributed by atoms with van der Waals surface area (Å²) >= 11 is 0. The van der Waals surface area contributed by atoms with Crippen LogP contribution in [-0.2, 0) is 16.0 Å². The zero-order chi connectivity index (χ0) is 18.1. The van der Waals surface area contributed by atoms with E-state index in [1.54, 1.807) is 0 Å². The predicted octanol–water partition coefficient (Wildman–Crippen LogP) is -0.0596. The van der Waals surface area contributed by atoms with Crippen molar-refractivity contribution in [3.63, 3.8) is 0 Å². The van der Waals surface area contributed by atoms with Crippen LogP contribution in [0.2, 0.25) is 0 Å². The molecule has 1 aromatic carbocycles. The Morgan fingerprint density at radius 2 is 2.08 bits per heavy atom. The van der Waals surface area contributed by atoms with Crippen LogP contribution in [0.3, 0.4) is 0 Å². The van der Waals surface area contributed by atoms with Gasteiger partial charge in [-0.1, -0.05) is 30.3 Å². The van der Waals surface area contributed by atoms with E-state index in [0.717, 1.165) is 12.0 Å². The summed E-state index contributed by atoms with van der Waals surface area (Å²) in [5, 5.41) is 17.9. The third-order valence-electron chi connectivity index (χ3n) is 6.99. The lowest BCUT2D eigenvalue weighted by Gasteiger charge is -2.24. The molecule has 136 valence electrons. The highest BCUT2D eigenvalue weighted by Gasteiger charge is 2.90. The Kier molecular flexibility index (Phi) is 3.08. The lowest BCUT2D eigenvalue weighted by molar-refractivity contribution is -0.128. The third-order valence-corrected chi connectivity index (χ3v) is 6.99. The predicted molar refractivity (Wildman–Crippen MR) is 90.7 cm³/mol. The minimum absolute atomic E-state index is 0.0244. The Morgan fingerprint density at radius 3 is 2.69 bits per heavy atom. The zero-order valence-electron chi connectivity index (χ0n) is 14.2. The molecule has 5 fully saturated rings. The number of nitrogens with one attached hydrogen (secondary N) is 3. The molecule has 4 bridgehead atoms. The topological polar surface area (TPSA) is 108 Å². The largest absolute Gasteiger partial charge is 0.394 e. The summed E-state index contributed by atoms with van der Waals surface area (Å²) in [7, 11) is 0. The third kappa shape index (κ3) is 1.79. The fraction of sp³-hybridized carbons (Fsp3) is 0.526. The summed E-state index contributed by atoms with van der Waals surface area (Å²) in [5.41, 5.74) is -0.414. The molecule has 4 aliphatic carbocycles. The van der Waals surface area contributed by atoms with Gasteiger partial charge in [-0.25, -0.2) is 4.79 Å². The van der Waals surface area contributed by atoms with E-state index in [0.29, 0.717) is 12.8 Å². The monoisotopic (exact) mass is 355 g/mol. The second-order valence-electron chi connectivity index (χ2n) is 8.08. The van der Waals surface area contributed by atoms with Gasteiger partial charge in [0.2, 0.25) is 5.91 Å².